The molecule has 0 amide bonds. The zero-order valence-corrected chi connectivity index (χ0v) is 9.46. The molecule has 1 aromatic heterocycles. The molecule has 0 fully saturated rings. The highest BCUT2D eigenvalue weighted by Crippen LogP contribution is 2.29. The van der Waals surface area contributed by atoms with Crippen LogP contribution in [0.25, 0.3) is 0 Å². The van der Waals surface area contributed by atoms with E-state index >= 15 is 0 Å². The quantitative estimate of drug-likeness (QED) is 0.838. The summed E-state index contributed by atoms with van der Waals surface area (Å²) in [5.74, 6) is -0.500. The molecule has 17 heavy (non-hydrogen) atoms. The van der Waals surface area contributed by atoms with Crippen molar-refractivity contribution in [1.29, 1.82) is 0 Å². The van der Waals surface area contributed by atoms with E-state index in [1.165, 1.54) is 0 Å². The van der Waals surface area contributed by atoms with Gasteiger partial charge in [0.25, 0.3) is 0 Å². The molecule has 2 heterocycles. The molecular weight excluding hydrogens is 235 g/mol. The molecule has 0 radical (unpaired) electrons. The molecule has 0 saturated heterocycles. The van der Waals surface area contributed by atoms with Crippen molar-refractivity contribution in [2.24, 2.45) is 0 Å². The molecule has 1 aliphatic heterocycles. The summed E-state index contributed by atoms with van der Waals surface area (Å²) in [7, 11) is 1.84. The number of alkyl halides is 3. The van der Waals surface area contributed by atoms with Crippen molar-refractivity contribution >= 4 is 0 Å². The summed E-state index contributed by atoms with van der Waals surface area (Å²) < 4.78 is 38.8. The average Bonchev–Trinajstić information content (AvgIpc) is 2.68. The molecule has 0 spiro atoms. The summed E-state index contributed by atoms with van der Waals surface area (Å²) in [5.41, 5.74) is 0. The van der Waals surface area contributed by atoms with E-state index in [1.54, 1.807) is 0 Å². The third-order valence-electron chi connectivity index (χ3n) is 2.76. The van der Waals surface area contributed by atoms with Crippen LogP contribution >= 0.6 is 0 Å². The largest absolute Gasteiger partial charge is 0.451 e. The van der Waals surface area contributed by atoms with Gasteiger partial charge in [0.15, 0.2) is 0 Å². The second kappa shape index (κ2) is 4.61. The Hall–Kier alpha value is -1.15. The maximum atomic E-state index is 12.6. The fourth-order valence-corrected chi connectivity index (χ4v) is 1.88. The minimum atomic E-state index is -4.42. The Kier molecular flexibility index (Phi) is 3.34. The zero-order chi connectivity index (χ0) is 12.5. The molecule has 5 nitrogen and oxygen atoms in total. The van der Waals surface area contributed by atoms with E-state index in [4.69, 9.17) is 0 Å². The van der Waals surface area contributed by atoms with Gasteiger partial charge in [0.1, 0.15) is 5.82 Å². The van der Waals surface area contributed by atoms with E-state index in [2.05, 4.69) is 20.4 Å². The number of hydrogen-bond donors (Lipinski definition) is 1. The molecule has 0 atom stereocenters. The van der Waals surface area contributed by atoms with Gasteiger partial charge in [-0.2, -0.15) is 13.2 Å². The lowest BCUT2D eigenvalue weighted by molar-refractivity contribution is -0.148. The standard InChI is InChI=1S/C9H14F3N5/c1-13-2-3-16-4-5-17-7(6-16)14-15-8(17)9(10,11)12/h13H,2-6H2,1H3. The van der Waals surface area contributed by atoms with Crippen molar-refractivity contribution in [2.75, 3.05) is 26.7 Å². The van der Waals surface area contributed by atoms with Crippen LogP contribution in [0.2, 0.25) is 0 Å². The SMILES string of the molecule is CNCCN1CCn2c(nnc2C(F)(F)F)C1. The van der Waals surface area contributed by atoms with E-state index < -0.39 is 12.0 Å². The first-order chi connectivity index (χ1) is 8.02. The van der Waals surface area contributed by atoms with Crippen LogP contribution in [0.5, 0.6) is 0 Å². The fourth-order valence-electron chi connectivity index (χ4n) is 1.88. The summed E-state index contributed by atoms with van der Waals surface area (Å²) in [5, 5.41) is 9.85. The monoisotopic (exact) mass is 249 g/mol. The van der Waals surface area contributed by atoms with Gasteiger partial charge in [-0.25, -0.2) is 0 Å². The minimum Gasteiger partial charge on any atom is -0.318 e. The normalized spacial score (nSPS) is 17.2. The highest BCUT2D eigenvalue weighted by molar-refractivity contribution is 5.02. The number of nitrogens with zero attached hydrogens (tertiary/aromatic N) is 4. The third kappa shape index (κ3) is 2.58. The summed E-state index contributed by atoms with van der Waals surface area (Å²) >= 11 is 0. The van der Waals surface area contributed by atoms with Gasteiger partial charge in [-0.05, 0) is 7.05 Å². The van der Waals surface area contributed by atoms with Crippen LogP contribution in [0.1, 0.15) is 11.6 Å². The Bertz CT molecular complexity index is 386. The second-order valence-corrected chi connectivity index (χ2v) is 3.97. The maximum absolute atomic E-state index is 12.6. The van der Waals surface area contributed by atoms with E-state index in [9.17, 15) is 13.2 Å². The summed E-state index contributed by atoms with van der Waals surface area (Å²) in [6.07, 6.45) is -4.42. The molecule has 1 aromatic rings. The van der Waals surface area contributed by atoms with Gasteiger partial charge in [-0.3, -0.25) is 4.90 Å². The summed E-state index contributed by atoms with van der Waals surface area (Å²) in [4.78, 5) is 2.06. The van der Waals surface area contributed by atoms with Gasteiger partial charge in [0.2, 0.25) is 5.82 Å². The van der Waals surface area contributed by atoms with Crippen LogP contribution in [0, 0.1) is 0 Å². The number of rotatable bonds is 3. The molecule has 1 aliphatic rings. The first kappa shape index (κ1) is 12.3. The van der Waals surface area contributed by atoms with Gasteiger partial charge in [0.05, 0.1) is 6.54 Å². The Morgan fingerprint density at radius 3 is 2.71 bits per heavy atom. The molecule has 96 valence electrons. The van der Waals surface area contributed by atoms with Crippen LogP contribution in [-0.2, 0) is 19.3 Å². The lowest BCUT2D eigenvalue weighted by Gasteiger charge is -2.27. The Balaban J connectivity index is 2.11. The second-order valence-electron chi connectivity index (χ2n) is 3.97. The Labute approximate surface area is 96.6 Å². The number of hydrogen-bond acceptors (Lipinski definition) is 4. The Morgan fingerprint density at radius 1 is 1.29 bits per heavy atom. The third-order valence-corrected chi connectivity index (χ3v) is 2.76. The lowest BCUT2D eigenvalue weighted by atomic mass is 10.3. The molecule has 0 aliphatic carbocycles. The van der Waals surface area contributed by atoms with Crippen molar-refractivity contribution < 1.29 is 13.2 Å². The molecule has 2 rings (SSSR count). The van der Waals surface area contributed by atoms with Crippen molar-refractivity contribution in [2.45, 2.75) is 19.3 Å². The van der Waals surface area contributed by atoms with E-state index in [0.29, 0.717) is 25.5 Å². The summed E-state index contributed by atoms with van der Waals surface area (Å²) in [6, 6.07) is 0. The Morgan fingerprint density at radius 2 is 2.06 bits per heavy atom. The van der Waals surface area contributed by atoms with Crippen LogP contribution < -0.4 is 5.32 Å². The van der Waals surface area contributed by atoms with Gasteiger partial charge in [-0.1, -0.05) is 0 Å². The number of halogens is 3. The smallest absolute Gasteiger partial charge is 0.318 e. The topological polar surface area (TPSA) is 46.0 Å². The molecule has 0 bridgehead atoms. The fraction of sp³-hybridized carbons (Fsp3) is 0.778. The van der Waals surface area contributed by atoms with Gasteiger partial charge in [-0.15, -0.1) is 10.2 Å². The number of aromatic nitrogens is 3. The highest BCUT2D eigenvalue weighted by atomic mass is 19.4. The summed E-state index contributed by atoms with van der Waals surface area (Å²) in [6.45, 7) is 2.91. The van der Waals surface area contributed by atoms with E-state index in [0.717, 1.165) is 17.7 Å². The predicted octanol–water partition coefficient (Wildman–Crippen LogP) is 0.332. The van der Waals surface area contributed by atoms with Crippen LogP contribution in [0.4, 0.5) is 13.2 Å². The molecule has 0 saturated carbocycles. The molecule has 0 unspecified atom stereocenters. The minimum absolute atomic E-state index is 0.293. The lowest BCUT2D eigenvalue weighted by Crippen LogP contribution is -2.38. The number of fused-ring (bicyclic) bond motifs is 1. The predicted molar refractivity (Wildman–Crippen MR) is 54.2 cm³/mol. The van der Waals surface area contributed by atoms with Gasteiger partial charge in [0, 0.05) is 26.2 Å². The van der Waals surface area contributed by atoms with E-state index in [1.807, 2.05) is 7.05 Å². The van der Waals surface area contributed by atoms with Crippen molar-refractivity contribution in [1.82, 2.24) is 25.0 Å². The molecule has 0 aromatic carbocycles. The maximum Gasteiger partial charge on any atom is 0.451 e. The molecule has 1 N–H and O–H groups in total. The number of nitrogens with one attached hydrogen (secondary N) is 1. The van der Waals surface area contributed by atoms with E-state index in [-0.39, 0.29) is 0 Å². The van der Waals surface area contributed by atoms with Crippen LogP contribution in [-0.4, -0.2) is 46.3 Å². The zero-order valence-electron chi connectivity index (χ0n) is 9.46. The van der Waals surface area contributed by atoms with Gasteiger partial charge < -0.3 is 9.88 Å². The highest BCUT2D eigenvalue weighted by Gasteiger charge is 2.39. The molecule has 8 heteroatoms. The van der Waals surface area contributed by atoms with Gasteiger partial charge >= 0.3 is 6.18 Å². The van der Waals surface area contributed by atoms with Crippen molar-refractivity contribution in [3.05, 3.63) is 11.6 Å². The van der Waals surface area contributed by atoms with Crippen molar-refractivity contribution in [3.8, 4) is 0 Å². The van der Waals surface area contributed by atoms with Crippen LogP contribution in [0.3, 0.4) is 0 Å². The number of likely N-dealkylation sites (N-methyl/N-ethyl adjacent to an activating group) is 1. The first-order valence-corrected chi connectivity index (χ1v) is 5.38. The molecular formula is C9H14F3N5. The van der Waals surface area contributed by atoms with Crippen molar-refractivity contribution in [3.63, 3.8) is 0 Å². The average molecular weight is 249 g/mol. The van der Waals surface area contributed by atoms with Crippen LogP contribution in [0.15, 0.2) is 0 Å². The first-order valence-electron chi connectivity index (χ1n) is 5.38.